The van der Waals surface area contributed by atoms with Crippen molar-refractivity contribution in [2.75, 3.05) is 20.6 Å². The summed E-state index contributed by atoms with van der Waals surface area (Å²) in [7, 11) is 4.29. The highest BCUT2D eigenvalue weighted by Crippen LogP contribution is 2.48. The summed E-state index contributed by atoms with van der Waals surface area (Å²) >= 11 is 0. The van der Waals surface area contributed by atoms with E-state index in [2.05, 4.69) is 37.2 Å². The predicted octanol–water partition coefficient (Wildman–Crippen LogP) is 4.69. The molecule has 2 saturated carbocycles. The lowest BCUT2D eigenvalue weighted by atomic mass is 9.81. The van der Waals surface area contributed by atoms with Crippen LogP contribution in [-0.4, -0.2) is 47.5 Å². The summed E-state index contributed by atoms with van der Waals surface area (Å²) in [4.78, 5) is 2.27. The summed E-state index contributed by atoms with van der Waals surface area (Å²) in [6, 6.07) is 0. The van der Waals surface area contributed by atoms with E-state index in [-0.39, 0.29) is 12.0 Å². The Hall–Kier alpha value is -0.640. The molecule has 0 aromatic heterocycles. The molecule has 3 rings (SSSR count). The third-order valence-electron chi connectivity index (χ3n) is 7.19. The summed E-state index contributed by atoms with van der Waals surface area (Å²) in [5.41, 5.74) is 1.15. The van der Waals surface area contributed by atoms with Gasteiger partial charge in [0.15, 0.2) is 0 Å². The number of rotatable bonds is 9. The first-order chi connectivity index (χ1) is 13.0. The van der Waals surface area contributed by atoms with Gasteiger partial charge in [-0.25, -0.2) is 0 Å². The Morgan fingerprint density at radius 1 is 1.15 bits per heavy atom. The Bertz CT molecular complexity index is 518. The van der Waals surface area contributed by atoms with Crippen LogP contribution in [0.15, 0.2) is 23.8 Å². The normalized spacial score (nSPS) is 33.0. The first kappa shape index (κ1) is 21.1. The van der Waals surface area contributed by atoms with E-state index in [4.69, 9.17) is 0 Å². The molecule has 2 N–H and O–H groups in total. The first-order valence-electron chi connectivity index (χ1n) is 11.4. The third kappa shape index (κ3) is 5.92. The molecule has 0 aromatic carbocycles. The van der Waals surface area contributed by atoms with E-state index in [1.807, 2.05) is 0 Å². The molecular weight excluding hydrogens is 334 g/mol. The minimum atomic E-state index is -0.483. The number of hydrogen-bond donors (Lipinski definition) is 2. The maximum atomic E-state index is 10.7. The molecule has 0 aromatic rings. The van der Waals surface area contributed by atoms with Crippen LogP contribution in [0.2, 0.25) is 0 Å². The average molecular weight is 376 g/mol. The molecule has 0 radical (unpaired) electrons. The van der Waals surface area contributed by atoms with Crippen molar-refractivity contribution >= 4 is 0 Å². The van der Waals surface area contributed by atoms with Crippen LogP contribution in [0.3, 0.4) is 0 Å². The quantitative estimate of drug-likeness (QED) is 0.454. The average Bonchev–Trinajstić information content (AvgIpc) is 3.12. The van der Waals surface area contributed by atoms with Crippen LogP contribution in [-0.2, 0) is 0 Å². The van der Waals surface area contributed by atoms with Crippen molar-refractivity contribution in [3.05, 3.63) is 23.8 Å². The van der Waals surface area contributed by atoms with Crippen molar-refractivity contribution in [2.24, 2.45) is 17.8 Å². The molecule has 2 fully saturated rings. The zero-order valence-corrected chi connectivity index (χ0v) is 17.6. The smallest absolute Gasteiger partial charge is 0.0682 e. The van der Waals surface area contributed by atoms with E-state index in [0.717, 1.165) is 38.5 Å². The summed E-state index contributed by atoms with van der Waals surface area (Å²) in [5, 5.41) is 21.2. The summed E-state index contributed by atoms with van der Waals surface area (Å²) in [6.07, 6.45) is 20.2. The lowest BCUT2D eigenvalue weighted by molar-refractivity contribution is 0.00670. The fraction of sp³-hybridized carbons (Fsp3) is 0.833. The second-order valence-corrected chi connectivity index (χ2v) is 9.77. The number of nitrogens with zero attached hydrogens (tertiary/aromatic N) is 1. The van der Waals surface area contributed by atoms with Gasteiger partial charge in [0.2, 0.25) is 0 Å². The molecular formula is C24H41NO2. The maximum absolute atomic E-state index is 10.7. The second-order valence-electron chi connectivity index (χ2n) is 9.77. The van der Waals surface area contributed by atoms with Gasteiger partial charge in [0.05, 0.1) is 11.7 Å². The number of unbranched alkanes of at least 4 members (excludes halogenated alkanes) is 2. The minimum absolute atomic E-state index is 0.199. The molecule has 0 unspecified atom stereocenters. The zero-order valence-electron chi connectivity index (χ0n) is 17.6. The van der Waals surface area contributed by atoms with Crippen molar-refractivity contribution in [1.29, 1.82) is 0 Å². The van der Waals surface area contributed by atoms with Crippen molar-refractivity contribution in [1.82, 2.24) is 4.90 Å². The van der Waals surface area contributed by atoms with Crippen molar-refractivity contribution in [3.8, 4) is 0 Å². The van der Waals surface area contributed by atoms with E-state index in [9.17, 15) is 10.2 Å². The molecule has 3 heteroatoms. The maximum Gasteiger partial charge on any atom is 0.0682 e. The van der Waals surface area contributed by atoms with Gasteiger partial charge in [0.1, 0.15) is 0 Å². The van der Waals surface area contributed by atoms with Gasteiger partial charge in [0, 0.05) is 5.92 Å². The highest BCUT2D eigenvalue weighted by Gasteiger charge is 2.43. The van der Waals surface area contributed by atoms with Gasteiger partial charge in [-0.3, -0.25) is 0 Å². The Labute approximate surface area is 166 Å². The fourth-order valence-corrected chi connectivity index (χ4v) is 5.61. The molecule has 3 nitrogen and oxygen atoms in total. The van der Waals surface area contributed by atoms with Crippen LogP contribution in [0.5, 0.6) is 0 Å². The Morgan fingerprint density at radius 2 is 1.93 bits per heavy atom. The minimum Gasteiger partial charge on any atom is -0.392 e. The van der Waals surface area contributed by atoms with E-state index < -0.39 is 5.60 Å². The van der Waals surface area contributed by atoms with Crippen LogP contribution >= 0.6 is 0 Å². The van der Waals surface area contributed by atoms with Gasteiger partial charge in [0.25, 0.3) is 0 Å². The lowest BCUT2D eigenvalue weighted by Gasteiger charge is -2.31. The van der Waals surface area contributed by atoms with Crippen LogP contribution in [0.4, 0.5) is 0 Å². The largest absolute Gasteiger partial charge is 0.392 e. The third-order valence-corrected chi connectivity index (χ3v) is 7.19. The van der Waals surface area contributed by atoms with Crippen molar-refractivity contribution in [3.63, 3.8) is 0 Å². The summed E-state index contributed by atoms with van der Waals surface area (Å²) < 4.78 is 0. The topological polar surface area (TPSA) is 43.7 Å². The van der Waals surface area contributed by atoms with Gasteiger partial charge < -0.3 is 15.1 Å². The van der Waals surface area contributed by atoms with Crippen molar-refractivity contribution < 1.29 is 10.2 Å². The van der Waals surface area contributed by atoms with Gasteiger partial charge in [-0.05, 0) is 83.8 Å². The molecule has 4 atom stereocenters. The second kappa shape index (κ2) is 9.71. The molecule has 3 aliphatic carbocycles. The molecule has 0 saturated heterocycles. The van der Waals surface area contributed by atoms with Gasteiger partial charge in [-0.15, -0.1) is 0 Å². The van der Waals surface area contributed by atoms with Crippen molar-refractivity contribution in [2.45, 2.75) is 88.8 Å². The fourth-order valence-electron chi connectivity index (χ4n) is 5.61. The van der Waals surface area contributed by atoms with E-state index >= 15 is 0 Å². The predicted molar refractivity (Wildman–Crippen MR) is 113 cm³/mol. The molecule has 0 spiro atoms. The highest BCUT2D eigenvalue weighted by atomic mass is 16.3. The van der Waals surface area contributed by atoms with Crippen LogP contribution in [0.25, 0.3) is 0 Å². The number of fused-ring (bicyclic) bond motifs is 1. The number of allylic oxidation sites excluding steroid dienone is 2. The van der Waals surface area contributed by atoms with E-state index in [0.29, 0.717) is 11.8 Å². The molecule has 0 bridgehead atoms. The number of aliphatic hydroxyl groups is 2. The van der Waals surface area contributed by atoms with Gasteiger partial charge >= 0.3 is 0 Å². The Balaban J connectivity index is 1.44. The Morgan fingerprint density at radius 3 is 2.67 bits per heavy atom. The van der Waals surface area contributed by atoms with Crippen LogP contribution in [0, 0.1) is 17.8 Å². The van der Waals surface area contributed by atoms with Gasteiger partial charge in [-0.2, -0.15) is 0 Å². The van der Waals surface area contributed by atoms with Gasteiger partial charge in [-0.1, -0.05) is 49.5 Å². The molecule has 0 amide bonds. The first-order valence-corrected chi connectivity index (χ1v) is 11.4. The zero-order chi connectivity index (χ0) is 19.3. The number of aliphatic hydroxyl groups excluding tert-OH is 1. The molecule has 0 heterocycles. The SMILES string of the molecule is CN(C)CCCCCC1=C[C@H]2C[C@@H](O)[C@H](/C=C/CC3(O)CCCCC3)[C@H]2C1. The summed E-state index contributed by atoms with van der Waals surface area (Å²) in [6.45, 7) is 1.19. The number of hydrogen-bond acceptors (Lipinski definition) is 3. The monoisotopic (exact) mass is 375 g/mol. The van der Waals surface area contributed by atoms with E-state index in [1.165, 1.54) is 45.1 Å². The van der Waals surface area contributed by atoms with Crippen LogP contribution in [0.1, 0.15) is 77.0 Å². The summed E-state index contributed by atoms with van der Waals surface area (Å²) in [5.74, 6) is 1.45. The molecule has 0 aliphatic heterocycles. The lowest BCUT2D eigenvalue weighted by Crippen LogP contribution is -2.30. The standard InChI is InChI=1S/C24H41NO2/c1-25(2)15-8-3-5-10-19-16-20-18-23(26)21(22(20)17-19)11-9-14-24(27)12-6-4-7-13-24/h9,11,16,20-23,26-27H,3-8,10,12-15,17-18H2,1-2H3/b11-9+/t20-,21+,22-,23+/m0/s1. The molecule has 27 heavy (non-hydrogen) atoms. The Kier molecular flexibility index (Phi) is 7.58. The van der Waals surface area contributed by atoms with E-state index in [1.54, 1.807) is 5.57 Å². The molecule has 154 valence electrons. The van der Waals surface area contributed by atoms with Crippen LogP contribution < -0.4 is 0 Å². The highest BCUT2D eigenvalue weighted by molar-refractivity contribution is 5.20. The molecule has 3 aliphatic rings.